The molecule has 208 valence electrons. The van der Waals surface area contributed by atoms with Gasteiger partial charge in [-0.15, -0.1) is 0 Å². The van der Waals surface area contributed by atoms with Crippen LogP contribution in [0.1, 0.15) is 28.8 Å². The van der Waals surface area contributed by atoms with Crippen molar-refractivity contribution in [3.63, 3.8) is 0 Å². The number of rotatable bonds is 4. The molecular formula is C39H26N4O. The first kappa shape index (κ1) is 24.8. The quantitative estimate of drug-likeness (QED) is 0.213. The number of hydrogen-bond donors (Lipinski definition) is 0. The molecule has 2 atom stereocenters. The van der Waals surface area contributed by atoms with Gasteiger partial charge in [-0.25, -0.2) is 15.0 Å². The first-order valence-electron chi connectivity index (χ1n) is 14.9. The van der Waals surface area contributed by atoms with Crippen LogP contribution >= 0.6 is 0 Å². The molecule has 0 saturated heterocycles. The smallest absolute Gasteiger partial charge is 0.164 e. The van der Waals surface area contributed by atoms with Gasteiger partial charge in [0.15, 0.2) is 17.5 Å². The minimum absolute atomic E-state index is 0.0147. The molecule has 2 aromatic heterocycles. The Kier molecular flexibility index (Phi) is 5.56. The minimum atomic E-state index is -0.162. The van der Waals surface area contributed by atoms with Gasteiger partial charge in [-0.05, 0) is 30.3 Å². The Hall–Kier alpha value is -5.81. The van der Waals surface area contributed by atoms with Crippen LogP contribution in [0.4, 0.5) is 0 Å². The summed E-state index contributed by atoms with van der Waals surface area (Å²) < 4.78 is 9.19. The van der Waals surface area contributed by atoms with Crippen molar-refractivity contribution in [3.05, 3.63) is 156 Å². The molecular weight excluding hydrogens is 540 g/mol. The summed E-state index contributed by atoms with van der Waals surface area (Å²) in [5, 5.41) is 1.21. The number of hydrogen-bond acceptors (Lipinski definition) is 4. The van der Waals surface area contributed by atoms with E-state index in [1.54, 1.807) is 0 Å². The zero-order valence-corrected chi connectivity index (χ0v) is 23.7. The van der Waals surface area contributed by atoms with Crippen LogP contribution < -0.4 is 4.74 Å². The molecule has 0 fully saturated rings. The van der Waals surface area contributed by atoms with Crippen molar-refractivity contribution in [3.8, 4) is 45.6 Å². The molecule has 1 aliphatic carbocycles. The molecule has 1 aliphatic heterocycles. The third-order valence-corrected chi connectivity index (χ3v) is 8.63. The molecule has 0 amide bonds. The lowest BCUT2D eigenvalue weighted by molar-refractivity contribution is 0.224. The monoisotopic (exact) mass is 566 g/mol. The number of para-hydroxylation sites is 2. The van der Waals surface area contributed by atoms with Crippen LogP contribution in [0.25, 0.3) is 56.8 Å². The van der Waals surface area contributed by atoms with Gasteiger partial charge < -0.3 is 9.30 Å². The van der Waals surface area contributed by atoms with Gasteiger partial charge in [-0.2, -0.15) is 0 Å². The Morgan fingerprint density at radius 1 is 0.545 bits per heavy atom. The minimum Gasteiger partial charge on any atom is -0.484 e. The molecule has 7 aromatic rings. The summed E-state index contributed by atoms with van der Waals surface area (Å²) in [6, 6.07) is 45.6. The van der Waals surface area contributed by atoms with E-state index in [1.165, 1.54) is 16.5 Å². The first-order valence-corrected chi connectivity index (χ1v) is 14.9. The van der Waals surface area contributed by atoms with Crippen molar-refractivity contribution in [1.29, 1.82) is 0 Å². The summed E-state index contributed by atoms with van der Waals surface area (Å²) >= 11 is 0. The standard InChI is InChI=1S/C39H26N4O/c1-4-13-25(14-5-1)37-40-38(26-15-6-2-7-16-26)42-39(41-37)30-20-12-22-33-34(30)29-23-24-32-35(36(29)44-33)28-19-10-11-21-31(28)43(32)27-17-8-3-9-18-27/h1-24,29,36H. The number of benzene rings is 5. The van der Waals surface area contributed by atoms with Gasteiger partial charge in [0.25, 0.3) is 0 Å². The van der Waals surface area contributed by atoms with E-state index in [-0.39, 0.29) is 12.0 Å². The van der Waals surface area contributed by atoms with Gasteiger partial charge in [0, 0.05) is 44.8 Å². The van der Waals surface area contributed by atoms with Gasteiger partial charge in [-0.1, -0.05) is 115 Å². The predicted molar refractivity (Wildman–Crippen MR) is 175 cm³/mol. The highest BCUT2D eigenvalue weighted by Gasteiger charge is 2.41. The SMILES string of the molecule is C1=CC2c3c(cccc3-c3nc(-c4ccccc4)nc(-c4ccccc4)n3)OC2c2c1n(-c1ccccc1)c1ccccc21. The maximum Gasteiger partial charge on any atom is 0.164 e. The summed E-state index contributed by atoms with van der Waals surface area (Å²) in [4.78, 5) is 15.0. The molecule has 0 N–H and O–H groups in total. The molecule has 5 nitrogen and oxygen atoms in total. The molecule has 3 heterocycles. The second-order valence-corrected chi connectivity index (χ2v) is 11.2. The Balaban J connectivity index is 1.22. The molecule has 0 radical (unpaired) electrons. The first-order chi connectivity index (χ1) is 21.8. The van der Waals surface area contributed by atoms with Crippen molar-refractivity contribution < 1.29 is 4.74 Å². The van der Waals surface area contributed by atoms with Crippen molar-refractivity contribution in [1.82, 2.24) is 19.5 Å². The van der Waals surface area contributed by atoms with E-state index in [0.717, 1.165) is 39.4 Å². The van der Waals surface area contributed by atoms with Gasteiger partial charge >= 0.3 is 0 Å². The van der Waals surface area contributed by atoms with Crippen LogP contribution in [-0.2, 0) is 0 Å². The Bertz CT molecular complexity index is 2150. The molecule has 5 heteroatoms. The molecule has 0 saturated carbocycles. The lowest BCUT2D eigenvalue weighted by Crippen LogP contribution is -2.14. The van der Waals surface area contributed by atoms with Crippen LogP contribution in [-0.4, -0.2) is 19.5 Å². The van der Waals surface area contributed by atoms with E-state index in [1.807, 2.05) is 66.7 Å². The topological polar surface area (TPSA) is 52.8 Å². The maximum absolute atomic E-state index is 6.85. The number of ether oxygens (including phenoxy) is 1. The molecule has 2 unspecified atom stereocenters. The van der Waals surface area contributed by atoms with Gasteiger partial charge in [0.2, 0.25) is 0 Å². The van der Waals surface area contributed by atoms with Crippen LogP contribution in [0.2, 0.25) is 0 Å². The number of fused-ring (bicyclic) bond motifs is 7. The molecule has 0 spiro atoms. The van der Waals surface area contributed by atoms with Crippen LogP contribution in [0.15, 0.2) is 140 Å². The van der Waals surface area contributed by atoms with Gasteiger partial charge in [0.1, 0.15) is 11.9 Å². The summed E-state index contributed by atoms with van der Waals surface area (Å²) in [6.45, 7) is 0. The summed E-state index contributed by atoms with van der Waals surface area (Å²) in [5.74, 6) is 2.82. The fourth-order valence-corrected chi connectivity index (χ4v) is 6.71. The fourth-order valence-electron chi connectivity index (χ4n) is 6.71. The van der Waals surface area contributed by atoms with Gasteiger partial charge in [0.05, 0.1) is 11.2 Å². The lowest BCUT2D eigenvalue weighted by Gasteiger charge is -2.22. The Morgan fingerprint density at radius 2 is 1.16 bits per heavy atom. The zero-order chi connectivity index (χ0) is 29.0. The highest BCUT2D eigenvalue weighted by atomic mass is 16.5. The third-order valence-electron chi connectivity index (χ3n) is 8.63. The number of aromatic nitrogens is 4. The van der Waals surface area contributed by atoms with Crippen molar-refractivity contribution >= 4 is 17.0 Å². The normalized spacial score (nSPS) is 16.3. The Labute approximate surface area is 254 Å². The molecule has 44 heavy (non-hydrogen) atoms. The van der Waals surface area contributed by atoms with Crippen molar-refractivity contribution in [2.45, 2.75) is 12.0 Å². The van der Waals surface area contributed by atoms with Crippen LogP contribution in [0.3, 0.4) is 0 Å². The molecule has 0 bridgehead atoms. The lowest BCUT2D eigenvalue weighted by atomic mass is 9.83. The van der Waals surface area contributed by atoms with Crippen LogP contribution in [0.5, 0.6) is 5.75 Å². The average molecular weight is 567 g/mol. The molecule has 9 rings (SSSR count). The fraction of sp³-hybridized carbons (Fsp3) is 0.0513. The summed E-state index contributed by atoms with van der Waals surface area (Å²) in [7, 11) is 0. The van der Waals surface area contributed by atoms with Crippen molar-refractivity contribution in [2.75, 3.05) is 0 Å². The summed E-state index contributed by atoms with van der Waals surface area (Å²) in [6.07, 6.45) is 4.39. The number of nitrogens with zero attached hydrogens (tertiary/aromatic N) is 4. The van der Waals surface area contributed by atoms with E-state index >= 15 is 0 Å². The highest BCUT2D eigenvalue weighted by Crippen LogP contribution is 2.55. The van der Waals surface area contributed by atoms with E-state index in [2.05, 4.69) is 83.4 Å². The van der Waals surface area contributed by atoms with Crippen molar-refractivity contribution in [2.24, 2.45) is 0 Å². The van der Waals surface area contributed by atoms with E-state index in [9.17, 15) is 0 Å². The molecule has 2 aliphatic rings. The van der Waals surface area contributed by atoms with E-state index in [4.69, 9.17) is 19.7 Å². The maximum atomic E-state index is 6.85. The highest BCUT2D eigenvalue weighted by molar-refractivity contribution is 5.92. The van der Waals surface area contributed by atoms with E-state index in [0.29, 0.717) is 17.5 Å². The molecule has 5 aromatic carbocycles. The average Bonchev–Trinajstić information content (AvgIpc) is 3.65. The van der Waals surface area contributed by atoms with Crippen LogP contribution in [0, 0.1) is 0 Å². The third kappa shape index (κ3) is 3.83. The predicted octanol–water partition coefficient (Wildman–Crippen LogP) is 9.06. The summed E-state index contributed by atoms with van der Waals surface area (Å²) in [5.41, 5.74) is 8.65. The second-order valence-electron chi connectivity index (χ2n) is 11.2. The van der Waals surface area contributed by atoms with E-state index < -0.39 is 0 Å². The second kappa shape index (κ2) is 9.89. The Morgan fingerprint density at radius 3 is 1.86 bits per heavy atom. The van der Waals surface area contributed by atoms with Gasteiger partial charge in [-0.3, -0.25) is 0 Å². The zero-order valence-electron chi connectivity index (χ0n) is 23.7. The largest absolute Gasteiger partial charge is 0.484 e.